The Morgan fingerprint density at radius 2 is 1.15 bits per heavy atom. The van der Waals surface area contributed by atoms with Crippen LogP contribution in [0.1, 0.15) is 12.8 Å². The maximum absolute atomic E-state index is 14.0. The fourth-order valence-corrected chi connectivity index (χ4v) is 6.42. The first-order chi connectivity index (χ1) is 23.3. The number of allylic oxidation sites excluding steroid dienone is 3. The zero-order chi connectivity index (χ0) is 32.8. The molecule has 12 heteroatoms. The van der Waals surface area contributed by atoms with Crippen molar-refractivity contribution < 1.29 is 9.47 Å². The summed E-state index contributed by atoms with van der Waals surface area (Å²) in [5, 5.41) is 17.8. The van der Waals surface area contributed by atoms with Crippen LogP contribution >= 0.6 is 0 Å². The molecule has 9 rings (SSSR count). The molecule has 0 saturated carbocycles. The Hall–Kier alpha value is -6.82. The summed E-state index contributed by atoms with van der Waals surface area (Å²) in [7, 11) is 0. The van der Waals surface area contributed by atoms with Crippen molar-refractivity contribution in [1.29, 1.82) is 10.8 Å². The molecule has 48 heavy (non-hydrogen) atoms. The van der Waals surface area contributed by atoms with Crippen LogP contribution < -0.4 is 42.4 Å². The molecule has 230 valence electrons. The van der Waals surface area contributed by atoms with E-state index in [4.69, 9.17) is 20.3 Å². The smallest absolute Gasteiger partial charge is 0.271 e. The van der Waals surface area contributed by atoms with Crippen molar-refractivity contribution in [3.8, 4) is 17.2 Å². The highest BCUT2D eigenvalue weighted by molar-refractivity contribution is 6.02. The van der Waals surface area contributed by atoms with Crippen molar-refractivity contribution in [2.75, 3.05) is 0 Å². The molecule has 0 unspecified atom stereocenters. The average molecular weight is 633 g/mol. The lowest BCUT2D eigenvalue weighted by atomic mass is 10.1. The minimum Gasteiger partial charge on any atom is -0.458 e. The molecule has 12 nitrogen and oxygen atoms in total. The van der Waals surface area contributed by atoms with Gasteiger partial charge in [0.2, 0.25) is 10.9 Å². The van der Waals surface area contributed by atoms with Gasteiger partial charge in [0.1, 0.15) is 67.1 Å². The van der Waals surface area contributed by atoms with E-state index in [1.54, 1.807) is 48.5 Å². The van der Waals surface area contributed by atoms with Crippen LogP contribution in [0, 0.1) is 10.8 Å². The number of para-hydroxylation sites is 1. The standard InChI is InChI=1S/C36H20N6O6/c37-31-21-13-11-19(47-17-7-3-1-4-8-17)15-23(21)33-39-27-25(35(45)41(31)33)30(44)28-26(29(27)43)36(46)42-32(38)22-14-12-20(16-24(22)34(42)40-28)48-18-9-5-2-6-10-18/h1,3-5,7-16,37-38H,2,6H2. The quantitative estimate of drug-likeness (QED) is 0.277. The first kappa shape index (κ1) is 27.5. The summed E-state index contributed by atoms with van der Waals surface area (Å²) in [6, 6.07) is 18.7. The Balaban J connectivity index is 1.32. The molecule has 4 aromatic heterocycles. The zero-order valence-electron chi connectivity index (χ0n) is 24.7. The number of hydrogen-bond donors (Lipinski definition) is 2. The second kappa shape index (κ2) is 9.84. The van der Waals surface area contributed by atoms with Crippen LogP contribution in [-0.4, -0.2) is 18.8 Å². The van der Waals surface area contributed by atoms with Gasteiger partial charge in [-0.15, -0.1) is 0 Å². The summed E-state index contributed by atoms with van der Waals surface area (Å²) in [5.41, 5.74) is -5.29. The molecule has 0 amide bonds. The van der Waals surface area contributed by atoms with E-state index in [0.717, 1.165) is 21.6 Å². The Morgan fingerprint density at radius 1 is 0.604 bits per heavy atom. The third kappa shape index (κ3) is 3.76. The molecule has 8 aromatic rings. The highest BCUT2D eigenvalue weighted by atomic mass is 16.5. The number of hydrogen-bond acceptors (Lipinski definition) is 10. The predicted octanol–water partition coefficient (Wildman–Crippen LogP) is 3.71. The van der Waals surface area contributed by atoms with Gasteiger partial charge in [-0.2, -0.15) is 0 Å². The van der Waals surface area contributed by atoms with E-state index in [-0.39, 0.29) is 22.3 Å². The minimum atomic E-state index is -0.964. The molecular formula is C36H20N6O6. The maximum Gasteiger partial charge on any atom is 0.271 e. The predicted molar refractivity (Wildman–Crippen MR) is 178 cm³/mol. The molecule has 4 aromatic carbocycles. The Morgan fingerprint density at radius 3 is 1.67 bits per heavy atom. The third-order valence-corrected chi connectivity index (χ3v) is 8.65. The topological polar surface area (TPSA) is 169 Å². The Labute approximate surface area is 266 Å². The van der Waals surface area contributed by atoms with Gasteiger partial charge in [0.15, 0.2) is 0 Å². The van der Waals surface area contributed by atoms with Gasteiger partial charge >= 0.3 is 0 Å². The summed E-state index contributed by atoms with van der Waals surface area (Å²) in [6.45, 7) is 0. The molecule has 0 atom stereocenters. The van der Waals surface area contributed by atoms with Gasteiger partial charge in [0.25, 0.3) is 11.1 Å². The molecule has 0 saturated heterocycles. The van der Waals surface area contributed by atoms with Gasteiger partial charge < -0.3 is 9.47 Å². The number of nitrogens with one attached hydrogen (secondary N) is 2. The van der Waals surface area contributed by atoms with Crippen LogP contribution in [0.3, 0.4) is 0 Å². The van der Waals surface area contributed by atoms with E-state index < -0.39 is 43.8 Å². The number of nitrogens with zero attached hydrogens (tertiary/aromatic N) is 4. The van der Waals surface area contributed by atoms with E-state index in [1.807, 2.05) is 36.4 Å². The van der Waals surface area contributed by atoms with Gasteiger partial charge in [0.05, 0.1) is 0 Å². The van der Waals surface area contributed by atoms with Crippen LogP contribution in [0.2, 0.25) is 0 Å². The number of aromatic nitrogens is 4. The number of fused-ring (bicyclic) bond motifs is 8. The summed E-state index contributed by atoms with van der Waals surface area (Å²) >= 11 is 0. The van der Waals surface area contributed by atoms with E-state index in [9.17, 15) is 19.2 Å². The lowest BCUT2D eigenvalue weighted by Crippen LogP contribution is -2.34. The molecule has 0 fully saturated rings. The number of ether oxygens (including phenoxy) is 2. The second-order valence-corrected chi connectivity index (χ2v) is 11.5. The number of benzene rings is 4. The van der Waals surface area contributed by atoms with Crippen LogP contribution in [0.15, 0.2) is 110 Å². The first-order valence-corrected chi connectivity index (χ1v) is 15.0. The van der Waals surface area contributed by atoms with Crippen molar-refractivity contribution in [2.45, 2.75) is 12.8 Å². The Kier molecular flexibility index (Phi) is 5.63. The van der Waals surface area contributed by atoms with Gasteiger partial charge in [-0.05, 0) is 73.5 Å². The van der Waals surface area contributed by atoms with Gasteiger partial charge in [-0.1, -0.05) is 24.3 Å². The third-order valence-electron chi connectivity index (χ3n) is 8.65. The van der Waals surface area contributed by atoms with Crippen molar-refractivity contribution in [3.05, 3.63) is 143 Å². The van der Waals surface area contributed by atoms with E-state index >= 15 is 0 Å². The molecule has 1 aliphatic rings. The summed E-state index contributed by atoms with van der Waals surface area (Å²) < 4.78 is 13.8. The monoisotopic (exact) mass is 632 g/mol. The van der Waals surface area contributed by atoms with Gasteiger partial charge in [-0.3, -0.25) is 30.0 Å². The molecule has 1 aliphatic carbocycles. The summed E-state index contributed by atoms with van der Waals surface area (Å²) in [6.07, 6.45) is 7.54. The lowest BCUT2D eigenvalue weighted by molar-refractivity contribution is 0.440. The molecule has 2 N–H and O–H groups in total. The molecule has 0 aliphatic heterocycles. The van der Waals surface area contributed by atoms with Crippen molar-refractivity contribution in [3.63, 3.8) is 0 Å². The fourth-order valence-electron chi connectivity index (χ4n) is 6.42. The SMILES string of the molecule is N=c1c2ccc(OC3=CCCC=C3)cc2c2nc3c(=O)c4c(=O)n5c(=N)c6ccc(Oc7ccccc7)cc6c5nc4c(=O)c3c(=O)n12. The van der Waals surface area contributed by atoms with Crippen molar-refractivity contribution in [2.24, 2.45) is 0 Å². The zero-order valence-corrected chi connectivity index (χ0v) is 24.7. The number of rotatable bonds is 4. The second-order valence-electron chi connectivity index (χ2n) is 11.5. The molecule has 0 radical (unpaired) electrons. The summed E-state index contributed by atoms with van der Waals surface area (Å²) in [5.74, 6) is 2.04. The highest BCUT2D eigenvalue weighted by Crippen LogP contribution is 2.28. The normalized spacial score (nSPS) is 13.4. The van der Waals surface area contributed by atoms with Crippen molar-refractivity contribution in [1.82, 2.24) is 18.8 Å². The summed E-state index contributed by atoms with van der Waals surface area (Å²) in [4.78, 5) is 64.7. The minimum absolute atomic E-state index is 0.0257. The van der Waals surface area contributed by atoms with E-state index in [2.05, 4.69) is 9.97 Å². The molecule has 4 heterocycles. The van der Waals surface area contributed by atoms with Crippen LogP contribution in [0.5, 0.6) is 17.2 Å². The fraction of sp³-hybridized carbons (Fsp3) is 0.0556. The van der Waals surface area contributed by atoms with Crippen LogP contribution in [0.25, 0.3) is 54.6 Å². The lowest BCUT2D eigenvalue weighted by Gasteiger charge is -2.09. The molecule has 0 bridgehead atoms. The van der Waals surface area contributed by atoms with Crippen LogP contribution in [-0.2, 0) is 0 Å². The molecular weight excluding hydrogens is 612 g/mol. The van der Waals surface area contributed by atoms with E-state index in [0.29, 0.717) is 44.6 Å². The van der Waals surface area contributed by atoms with E-state index in [1.165, 1.54) is 0 Å². The first-order valence-electron chi connectivity index (χ1n) is 15.0. The van der Waals surface area contributed by atoms with Gasteiger partial charge in [-0.25, -0.2) is 18.8 Å². The van der Waals surface area contributed by atoms with Crippen LogP contribution in [0.4, 0.5) is 0 Å². The Bertz CT molecular complexity index is 3140. The van der Waals surface area contributed by atoms with Crippen molar-refractivity contribution >= 4 is 54.6 Å². The largest absolute Gasteiger partial charge is 0.458 e. The average Bonchev–Trinajstić information content (AvgIpc) is 3.54. The van der Waals surface area contributed by atoms with Gasteiger partial charge in [0, 0.05) is 21.5 Å². The molecule has 0 spiro atoms. The highest BCUT2D eigenvalue weighted by Gasteiger charge is 2.25. The maximum atomic E-state index is 14.0.